The molecule has 0 aliphatic rings. The third-order valence-corrected chi connectivity index (χ3v) is 2.98. The van der Waals surface area contributed by atoms with Gasteiger partial charge in [-0.05, 0) is 37.0 Å². The molecule has 0 aromatic heterocycles. The Hall–Kier alpha value is -1.62. The van der Waals surface area contributed by atoms with E-state index in [9.17, 15) is 9.18 Å². The number of aliphatic hydroxyl groups excluding tert-OH is 1. The molecule has 0 fully saturated rings. The van der Waals surface area contributed by atoms with Gasteiger partial charge in [0.1, 0.15) is 5.82 Å². The first-order chi connectivity index (χ1) is 9.06. The highest BCUT2D eigenvalue weighted by Crippen LogP contribution is 2.08. The number of amides is 2. The lowest BCUT2D eigenvalue weighted by Crippen LogP contribution is -2.41. The van der Waals surface area contributed by atoms with Gasteiger partial charge in [0.15, 0.2) is 0 Å². The van der Waals surface area contributed by atoms with Crippen LogP contribution in [-0.2, 0) is 6.54 Å². The van der Waals surface area contributed by atoms with Crippen LogP contribution in [0.3, 0.4) is 0 Å². The molecule has 1 rings (SSSR count). The van der Waals surface area contributed by atoms with Crippen molar-refractivity contribution in [2.45, 2.75) is 39.3 Å². The van der Waals surface area contributed by atoms with Gasteiger partial charge in [-0.1, -0.05) is 19.1 Å². The summed E-state index contributed by atoms with van der Waals surface area (Å²) in [7, 11) is 0. The van der Waals surface area contributed by atoms with Crippen LogP contribution in [0.2, 0.25) is 0 Å². The van der Waals surface area contributed by atoms with Crippen molar-refractivity contribution in [1.29, 1.82) is 0 Å². The van der Waals surface area contributed by atoms with E-state index in [0.717, 1.165) is 12.0 Å². The average Bonchev–Trinajstić information content (AvgIpc) is 2.39. The molecule has 0 aliphatic carbocycles. The van der Waals surface area contributed by atoms with E-state index in [1.54, 1.807) is 19.1 Å². The van der Waals surface area contributed by atoms with Gasteiger partial charge in [0, 0.05) is 19.2 Å². The van der Waals surface area contributed by atoms with Gasteiger partial charge in [0.05, 0.1) is 0 Å². The highest BCUT2D eigenvalue weighted by atomic mass is 19.1. The van der Waals surface area contributed by atoms with Crippen LogP contribution in [-0.4, -0.2) is 23.8 Å². The highest BCUT2D eigenvalue weighted by molar-refractivity contribution is 5.74. The van der Waals surface area contributed by atoms with Crippen LogP contribution >= 0.6 is 0 Å². The van der Waals surface area contributed by atoms with Crippen molar-refractivity contribution in [1.82, 2.24) is 10.6 Å². The van der Waals surface area contributed by atoms with E-state index >= 15 is 0 Å². The predicted molar refractivity (Wildman–Crippen MR) is 72.3 cm³/mol. The number of hydrogen-bond acceptors (Lipinski definition) is 2. The van der Waals surface area contributed by atoms with E-state index in [4.69, 9.17) is 5.11 Å². The zero-order valence-corrected chi connectivity index (χ0v) is 11.4. The van der Waals surface area contributed by atoms with Gasteiger partial charge in [-0.15, -0.1) is 0 Å². The molecule has 4 nitrogen and oxygen atoms in total. The zero-order valence-electron chi connectivity index (χ0n) is 11.4. The fraction of sp³-hybridized carbons (Fsp3) is 0.500. The molecule has 0 spiro atoms. The van der Waals surface area contributed by atoms with Crippen LogP contribution in [0.4, 0.5) is 9.18 Å². The first-order valence-electron chi connectivity index (χ1n) is 6.47. The third kappa shape index (κ3) is 5.26. The molecule has 0 saturated heterocycles. The minimum atomic E-state index is -0.276. The van der Waals surface area contributed by atoms with Crippen molar-refractivity contribution in [3.63, 3.8) is 0 Å². The van der Waals surface area contributed by atoms with Crippen LogP contribution in [0.25, 0.3) is 0 Å². The van der Waals surface area contributed by atoms with Crippen molar-refractivity contribution in [3.8, 4) is 0 Å². The molecule has 1 unspecified atom stereocenters. The van der Waals surface area contributed by atoms with Crippen molar-refractivity contribution in [2.24, 2.45) is 0 Å². The summed E-state index contributed by atoms with van der Waals surface area (Å²) in [6, 6.07) is 4.45. The van der Waals surface area contributed by atoms with Crippen LogP contribution in [0.1, 0.15) is 30.9 Å². The Morgan fingerprint density at radius 2 is 2.21 bits per heavy atom. The van der Waals surface area contributed by atoms with Gasteiger partial charge in [-0.25, -0.2) is 9.18 Å². The molecule has 106 valence electrons. The molecule has 1 atom stereocenters. The lowest BCUT2D eigenvalue weighted by atomic mass is 10.1. The number of benzene rings is 1. The molecule has 0 radical (unpaired) electrons. The number of carbonyl (C=O) groups excluding carboxylic acids is 1. The quantitative estimate of drug-likeness (QED) is 0.740. The van der Waals surface area contributed by atoms with Crippen molar-refractivity contribution >= 4 is 6.03 Å². The van der Waals surface area contributed by atoms with Crippen molar-refractivity contribution in [2.75, 3.05) is 6.61 Å². The highest BCUT2D eigenvalue weighted by Gasteiger charge is 2.09. The SMILES string of the molecule is CCC(CCO)NC(=O)NCc1ccc(F)c(C)c1. The molecule has 5 heteroatoms. The van der Waals surface area contributed by atoms with Gasteiger partial charge < -0.3 is 15.7 Å². The Labute approximate surface area is 113 Å². The lowest BCUT2D eigenvalue weighted by molar-refractivity contribution is 0.227. The van der Waals surface area contributed by atoms with Crippen LogP contribution in [0.5, 0.6) is 0 Å². The van der Waals surface area contributed by atoms with E-state index < -0.39 is 0 Å². The normalized spacial score (nSPS) is 12.0. The summed E-state index contributed by atoms with van der Waals surface area (Å²) in [5.74, 6) is -0.248. The summed E-state index contributed by atoms with van der Waals surface area (Å²) in [6.45, 7) is 4.04. The monoisotopic (exact) mass is 268 g/mol. The maximum absolute atomic E-state index is 13.1. The van der Waals surface area contributed by atoms with Crippen LogP contribution in [0, 0.1) is 12.7 Å². The zero-order chi connectivity index (χ0) is 14.3. The largest absolute Gasteiger partial charge is 0.396 e. The first kappa shape index (κ1) is 15.4. The summed E-state index contributed by atoms with van der Waals surface area (Å²) in [6.07, 6.45) is 1.31. The Morgan fingerprint density at radius 1 is 1.47 bits per heavy atom. The number of urea groups is 1. The molecule has 3 N–H and O–H groups in total. The third-order valence-electron chi connectivity index (χ3n) is 2.98. The Balaban J connectivity index is 2.43. The van der Waals surface area contributed by atoms with Crippen LogP contribution < -0.4 is 10.6 Å². The number of carbonyl (C=O) groups is 1. The van der Waals surface area contributed by atoms with Crippen LogP contribution in [0.15, 0.2) is 18.2 Å². The lowest BCUT2D eigenvalue weighted by Gasteiger charge is -2.16. The second-order valence-electron chi connectivity index (χ2n) is 4.53. The van der Waals surface area contributed by atoms with Gasteiger partial charge in [0.25, 0.3) is 0 Å². The van der Waals surface area contributed by atoms with Gasteiger partial charge in [-0.2, -0.15) is 0 Å². The maximum Gasteiger partial charge on any atom is 0.315 e. The van der Waals surface area contributed by atoms with Gasteiger partial charge in [-0.3, -0.25) is 0 Å². The fourth-order valence-corrected chi connectivity index (χ4v) is 1.77. The summed E-state index contributed by atoms with van der Waals surface area (Å²) in [5.41, 5.74) is 1.41. The number of aryl methyl sites for hydroxylation is 1. The van der Waals surface area contributed by atoms with Crippen molar-refractivity contribution in [3.05, 3.63) is 35.1 Å². The van der Waals surface area contributed by atoms with E-state index in [2.05, 4.69) is 10.6 Å². The maximum atomic E-state index is 13.1. The first-order valence-corrected chi connectivity index (χ1v) is 6.47. The topological polar surface area (TPSA) is 61.4 Å². The number of nitrogens with one attached hydrogen (secondary N) is 2. The van der Waals surface area contributed by atoms with E-state index in [1.807, 2.05) is 6.92 Å². The fourth-order valence-electron chi connectivity index (χ4n) is 1.77. The Morgan fingerprint density at radius 3 is 2.79 bits per heavy atom. The van der Waals surface area contributed by atoms with E-state index in [1.165, 1.54) is 6.07 Å². The average molecular weight is 268 g/mol. The minimum Gasteiger partial charge on any atom is -0.396 e. The smallest absolute Gasteiger partial charge is 0.315 e. The molecule has 1 aromatic carbocycles. The second-order valence-corrected chi connectivity index (χ2v) is 4.53. The van der Waals surface area contributed by atoms with Gasteiger partial charge >= 0.3 is 6.03 Å². The summed E-state index contributed by atoms with van der Waals surface area (Å²) < 4.78 is 13.1. The summed E-state index contributed by atoms with van der Waals surface area (Å²) in [4.78, 5) is 11.6. The van der Waals surface area contributed by atoms with E-state index in [0.29, 0.717) is 18.5 Å². The molecule has 0 saturated carbocycles. The Bertz CT molecular complexity index is 424. The van der Waals surface area contributed by atoms with Crippen molar-refractivity contribution < 1.29 is 14.3 Å². The number of hydrogen-bond donors (Lipinski definition) is 3. The molecular formula is C14H21FN2O2. The summed E-state index contributed by atoms with van der Waals surface area (Å²) >= 11 is 0. The number of rotatable bonds is 6. The molecule has 1 aromatic rings. The predicted octanol–water partition coefficient (Wildman–Crippen LogP) is 2.09. The molecule has 2 amide bonds. The summed E-state index contributed by atoms with van der Waals surface area (Å²) in [5, 5.41) is 14.3. The number of halogens is 1. The standard InChI is InChI=1S/C14H21FN2O2/c1-3-12(6-7-18)17-14(19)16-9-11-4-5-13(15)10(2)8-11/h4-5,8,12,18H,3,6-7,9H2,1-2H3,(H2,16,17,19). The van der Waals surface area contributed by atoms with Gasteiger partial charge in [0.2, 0.25) is 0 Å². The molecular weight excluding hydrogens is 247 g/mol. The van der Waals surface area contributed by atoms with E-state index in [-0.39, 0.29) is 24.5 Å². The molecule has 19 heavy (non-hydrogen) atoms. The Kier molecular flexibility index (Phi) is 6.29. The minimum absolute atomic E-state index is 0.0278. The number of aliphatic hydroxyl groups is 1. The molecule has 0 bridgehead atoms. The second kappa shape index (κ2) is 7.74. The molecule has 0 heterocycles. The molecule has 0 aliphatic heterocycles.